The van der Waals surface area contributed by atoms with Crippen molar-refractivity contribution in [1.82, 2.24) is 5.32 Å². The van der Waals surface area contributed by atoms with Gasteiger partial charge in [-0.1, -0.05) is 43.3 Å². The molecule has 30 heavy (non-hydrogen) atoms. The van der Waals surface area contributed by atoms with Crippen molar-refractivity contribution in [2.45, 2.75) is 55.9 Å². The number of hydrogen-bond acceptors (Lipinski definition) is 4. The number of benzene rings is 2. The summed E-state index contributed by atoms with van der Waals surface area (Å²) < 4.78 is 0. The topological polar surface area (TPSA) is 32.3 Å². The molecule has 3 atom stereocenters. The van der Waals surface area contributed by atoms with E-state index in [1.165, 1.54) is 34.7 Å². The van der Waals surface area contributed by atoms with Gasteiger partial charge in [0, 0.05) is 40.9 Å². The lowest BCUT2D eigenvalue weighted by molar-refractivity contribution is 0.0912. The number of anilines is 1. The lowest BCUT2D eigenvalue weighted by Crippen LogP contribution is -2.56. The van der Waals surface area contributed by atoms with Crippen LogP contribution in [0.25, 0.3) is 0 Å². The summed E-state index contributed by atoms with van der Waals surface area (Å²) in [5.41, 5.74) is 5.19. The third-order valence-electron chi connectivity index (χ3n) is 7.60. The van der Waals surface area contributed by atoms with Crippen LogP contribution >= 0.6 is 11.8 Å². The van der Waals surface area contributed by atoms with E-state index >= 15 is 0 Å². The molecule has 0 radical (unpaired) electrons. The Kier molecular flexibility index (Phi) is 5.40. The number of carbonyl (C=O) groups is 1. The Hall–Kier alpha value is -1.78. The maximum Gasteiger partial charge on any atom is 0.165 e. The number of ketones is 1. The Balaban J connectivity index is 1.43. The minimum Gasteiger partial charge on any atom is -0.364 e. The predicted molar refractivity (Wildman–Crippen MR) is 126 cm³/mol. The second kappa shape index (κ2) is 8.05. The molecule has 1 saturated heterocycles. The molecule has 3 unspecified atom stereocenters. The van der Waals surface area contributed by atoms with E-state index in [1.54, 1.807) is 0 Å². The van der Waals surface area contributed by atoms with E-state index in [0.29, 0.717) is 11.7 Å². The summed E-state index contributed by atoms with van der Waals surface area (Å²) >= 11 is 2.02. The quantitative estimate of drug-likeness (QED) is 0.654. The number of rotatable bonds is 5. The van der Waals surface area contributed by atoms with Gasteiger partial charge in [0.2, 0.25) is 0 Å². The van der Waals surface area contributed by atoms with Crippen LogP contribution in [0.1, 0.15) is 60.0 Å². The van der Waals surface area contributed by atoms with E-state index < -0.39 is 0 Å². The lowest BCUT2D eigenvalue weighted by Gasteiger charge is -2.47. The van der Waals surface area contributed by atoms with Gasteiger partial charge < -0.3 is 10.2 Å². The molecule has 0 saturated carbocycles. The van der Waals surface area contributed by atoms with Gasteiger partial charge >= 0.3 is 0 Å². The molecule has 3 heterocycles. The standard InChI is InChI=1S/C26H32N2OS/c1-18-7-3-4-8-20(18)25(29)19(2)11-12-26-13-14-27-17-22(26)21-9-5-10-23-24(21)28(26)15-6-16-30-23/h3-5,7-10,19,22,27H,6,11-17H2,1-2H3. The van der Waals surface area contributed by atoms with Crippen LogP contribution in [0.3, 0.4) is 0 Å². The number of nitrogens with one attached hydrogen (secondary N) is 1. The van der Waals surface area contributed by atoms with Gasteiger partial charge in [-0.25, -0.2) is 0 Å². The highest BCUT2D eigenvalue weighted by Gasteiger charge is 2.53. The molecular weight excluding hydrogens is 388 g/mol. The Morgan fingerprint density at radius 1 is 1.27 bits per heavy atom. The van der Waals surface area contributed by atoms with Gasteiger partial charge in [-0.2, -0.15) is 0 Å². The van der Waals surface area contributed by atoms with Gasteiger partial charge in [0.25, 0.3) is 0 Å². The van der Waals surface area contributed by atoms with Crippen LogP contribution in [-0.2, 0) is 0 Å². The number of carbonyl (C=O) groups excluding carboxylic acids is 1. The van der Waals surface area contributed by atoms with Crippen LogP contribution in [0.2, 0.25) is 0 Å². The zero-order valence-electron chi connectivity index (χ0n) is 18.1. The second-order valence-corrected chi connectivity index (χ2v) is 10.4. The molecule has 3 nitrogen and oxygen atoms in total. The molecule has 1 fully saturated rings. The fourth-order valence-electron chi connectivity index (χ4n) is 5.97. The van der Waals surface area contributed by atoms with Crippen LogP contribution < -0.4 is 10.2 Å². The van der Waals surface area contributed by atoms with Crippen molar-refractivity contribution in [3.05, 3.63) is 59.2 Å². The number of para-hydroxylation sites is 1. The molecule has 0 bridgehead atoms. The number of nitrogens with zero attached hydrogens (tertiary/aromatic N) is 1. The zero-order chi connectivity index (χ0) is 20.7. The SMILES string of the molecule is Cc1ccccc1C(=O)C(C)CCC12CCNCC1c1cccc3c1N2CCCS3. The Morgan fingerprint density at radius 2 is 2.13 bits per heavy atom. The average Bonchev–Trinajstić information content (AvgIpc) is 2.88. The zero-order valence-corrected chi connectivity index (χ0v) is 18.9. The van der Waals surface area contributed by atoms with E-state index in [9.17, 15) is 4.79 Å². The maximum absolute atomic E-state index is 13.2. The molecule has 1 N–H and O–H groups in total. The first kappa shape index (κ1) is 20.1. The molecule has 158 valence electrons. The number of hydrogen-bond donors (Lipinski definition) is 1. The lowest BCUT2D eigenvalue weighted by atomic mass is 9.72. The second-order valence-electron chi connectivity index (χ2n) is 9.28. The van der Waals surface area contributed by atoms with Crippen molar-refractivity contribution in [2.75, 3.05) is 30.3 Å². The first-order valence-electron chi connectivity index (χ1n) is 11.5. The van der Waals surface area contributed by atoms with Crippen LogP contribution in [0, 0.1) is 12.8 Å². The van der Waals surface area contributed by atoms with E-state index in [4.69, 9.17) is 0 Å². The van der Waals surface area contributed by atoms with Crippen LogP contribution in [0.15, 0.2) is 47.4 Å². The molecule has 4 heteroatoms. The summed E-state index contributed by atoms with van der Waals surface area (Å²) in [6.07, 6.45) is 4.45. The number of piperidine rings is 1. The molecule has 0 aliphatic carbocycles. The number of thioether (sulfide) groups is 1. The van der Waals surface area contributed by atoms with Crippen molar-refractivity contribution in [2.24, 2.45) is 5.92 Å². The number of fused-ring (bicyclic) bond motifs is 3. The van der Waals surface area contributed by atoms with Gasteiger partial charge in [-0.05, 0) is 62.1 Å². The van der Waals surface area contributed by atoms with E-state index in [1.807, 2.05) is 43.0 Å². The van der Waals surface area contributed by atoms with Crippen molar-refractivity contribution in [3.8, 4) is 0 Å². The van der Waals surface area contributed by atoms with Crippen molar-refractivity contribution in [3.63, 3.8) is 0 Å². The highest BCUT2D eigenvalue weighted by Crippen LogP contribution is 2.56. The van der Waals surface area contributed by atoms with Crippen molar-refractivity contribution >= 4 is 23.2 Å². The highest BCUT2D eigenvalue weighted by molar-refractivity contribution is 7.99. The third-order valence-corrected chi connectivity index (χ3v) is 8.73. The Labute approximate surface area is 184 Å². The first-order chi connectivity index (χ1) is 14.6. The van der Waals surface area contributed by atoms with Crippen molar-refractivity contribution < 1.29 is 4.79 Å². The van der Waals surface area contributed by atoms with Crippen LogP contribution in [0.4, 0.5) is 5.69 Å². The fraction of sp³-hybridized carbons (Fsp3) is 0.500. The average molecular weight is 421 g/mol. The minimum absolute atomic E-state index is 0.0561. The van der Waals surface area contributed by atoms with E-state index in [-0.39, 0.29) is 11.5 Å². The minimum atomic E-state index is 0.0561. The Bertz CT molecular complexity index is 958. The largest absolute Gasteiger partial charge is 0.364 e. The summed E-state index contributed by atoms with van der Waals surface area (Å²) in [6, 6.07) is 15.0. The predicted octanol–water partition coefficient (Wildman–Crippen LogP) is 5.43. The molecule has 0 aromatic heterocycles. The maximum atomic E-state index is 13.2. The molecule has 5 rings (SSSR count). The fourth-order valence-corrected chi connectivity index (χ4v) is 7.01. The van der Waals surface area contributed by atoms with Gasteiger partial charge in [0.05, 0.1) is 5.69 Å². The normalized spacial score (nSPS) is 25.9. The molecule has 2 aromatic carbocycles. The van der Waals surface area contributed by atoms with Crippen LogP contribution in [0.5, 0.6) is 0 Å². The third kappa shape index (κ3) is 3.20. The smallest absolute Gasteiger partial charge is 0.165 e. The van der Waals surface area contributed by atoms with E-state index in [2.05, 4.69) is 35.3 Å². The summed E-state index contributed by atoms with van der Waals surface area (Å²) in [5.74, 6) is 2.09. The van der Waals surface area contributed by atoms with Gasteiger partial charge in [-0.3, -0.25) is 4.79 Å². The molecule has 3 aliphatic heterocycles. The van der Waals surface area contributed by atoms with Crippen LogP contribution in [-0.4, -0.2) is 36.7 Å². The van der Waals surface area contributed by atoms with Gasteiger partial charge in [-0.15, -0.1) is 11.8 Å². The number of Topliss-reactive ketones (excluding diaryl/α,β-unsaturated/α-hetero) is 1. The van der Waals surface area contributed by atoms with E-state index in [0.717, 1.165) is 43.6 Å². The van der Waals surface area contributed by atoms with Gasteiger partial charge in [0.15, 0.2) is 5.78 Å². The summed E-state index contributed by atoms with van der Waals surface area (Å²) in [5, 5.41) is 3.67. The molecule has 2 aromatic rings. The van der Waals surface area contributed by atoms with Crippen molar-refractivity contribution in [1.29, 1.82) is 0 Å². The monoisotopic (exact) mass is 420 g/mol. The molecule has 3 aliphatic rings. The molecule has 0 spiro atoms. The highest BCUT2D eigenvalue weighted by atomic mass is 32.2. The number of aryl methyl sites for hydroxylation is 1. The Morgan fingerprint density at radius 3 is 3.00 bits per heavy atom. The summed E-state index contributed by atoms with van der Waals surface area (Å²) in [7, 11) is 0. The summed E-state index contributed by atoms with van der Waals surface area (Å²) in [6.45, 7) is 7.45. The molecular formula is C26H32N2OS. The summed E-state index contributed by atoms with van der Waals surface area (Å²) in [4.78, 5) is 17.4. The molecule has 0 amide bonds. The van der Waals surface area contributed by atoms with Gasteiger partial charge in [0.1, 0.15) is 0 Å². The first-order valence-corrected chi connectivity index (χ1v) is 12.4.